The molecule has 0 radical (unpaired) electrons. The van der Waals surface area contributed by atoms with Crippen molar-refractivity contribution in [2.24, 2.45) is 0 Å². The Kier molecular flexibility index (Phi) is 5.66. The molecular weight excluding hydrogens is 186 g/mol. The largest absolute Gasteiger partial charge is 0.378 e. The lowest BCUT2D eigenvalue weighted by atomic mass is 9.99. The molecule has 2 heteroatoms. The Balaban J connectivity index is 0.000000531. The fourth-order valence-corrected chi connectivity index (χ4v) is 1.92. The molecule has 1 saturated heterocycles. The summed E-state index contributed by atoms with van der Waals surface area (Å²) in [5.41, 5.74) is 1.44. The number of allylic oxidation sites excluding steroid dienone is 2. The predicted octanol–water partition coefficient (Wildman–Crippen LogP) is 2.62. The number of likely N-dealkylation sites (N-methyl/N-ethyl adjacent to an activating group) is 1. The SMILES string of the molecule is CC.CN1CCOCC1C1=CCCC=C1. The first-order valence-corrected chi connectivity index (χ1v) is 6.02. The van der Waals surface area contributed by atoms with E-state index in [0.29, 0.717) is 6.04 Å². The van der Waals surface area contributed by atoms with Crippen molar-refractivity contribution >= 4 is 0 Å². The van der Waals surface area contributed by atoms with Crippen molar-refractivity contribution in [3.05, 3.63) is 23.8 Å². The molecule has 15 heavy (non-hydrogen) atoms. The van der Waals surface area contributed by atoms with Crippen LogP contribution in [0.15, 0.2) is 23.8 Å². The lowest BCUT2D eigenvalue weighted by Crippen LogP contribution is -2.43. The number of nitrogens with zero attached hydrogens (tertiary/aromatic N) is 1. The summed E-state index contributed by atoms with van der Waals surface area (Å²) >= 11 is 0. The van der Waals surface area contributed by atoms with Gasteiger partial charge in [-0.25, -0.2) is 0 Å². The number of rotatable bonds is 1. The number of hydrogen-bond acceptors (Lipinski definition) is 2. The zero-order valence-corrected chi connectivity index (χ0v) is 10.2. The Morgan fingerprint density at radius 1 is 1.33 bits per heavy atom. The maximum atomic E-state index is 5.49. The van der Waals surface area contributed by atoms with Crippen LogP contribution in [0.4, 0.5) is 0 Å². The van der Waals surface area contributed by atoms with Crippen LogP contribution in [-0.2, 0) is 4.74 Å². The van der Waals surface area contributed by atoms with Gasteiger partial charge in [0.05, 0.1) is 19.3 Å². The molecule has 0 aromatic rings. The van der Waals surface area contributed by atoms with E-state index >= 15 is 0 Å². The minimum atomic E-state index is 0.491. The van der Waals surface area contributed by atoms with E-state index in [4.69, 9.17) is 4.74 Å². The Bertz CT molecular complexity index is 233. The zero-order chi connectivity index (χ0) is 11.1. The summed E-state index contributed by atoms with van der Waals surface area (Å²) in [5, 5.41) is 0. The highest BCUT2D eigenvalue weighted by molar-refractivity contribution is 5.28. The first kappa shape index (κ1) is 12.5. The average Bonchev–Trinajstić information content (AvgIpc) is 2.33. The van der Waals surface area contributed by atoms with Crippen LogP contribution >= 0.6 is 0 Å². The van der Waals surface area contributed by atoms with Crippen LogP contribution in [0.25, 0.3) is 0 Å². The van der Waals surface area contributed by atoms with Gasteiger partial charge < -0.3 is 4.74 Å². The van der Waals surface area contributed by atoms with E-state index in [1.165, 1.54) is 18.4 Å². The van der Waals surface area contributed by atoms with Gasteiger partial charge in [0.25, 0.3) is 0 Å². The second-order valence-corrected chi connectivity index (χ2v) is 3.76. The number of hydrogen-bond donors (Lipinski definition) is 0. The fourth-order valence-electron chi connectivity index (χ4n) is 1.92. The quantitative estimate of drug-likeness (QED) is 0.658. The third kappa shape index (κ3) is 3.47. The molecule has 2 nitrogen and oxygen atoms in total. The Labute approximate surface area is 93.6 Å². The van der Waals surface area contributed by atoms with Gasteiger partial charge in [-0.05, 0) is 25.5 Å². The van der Waals surface area contributed by atoms with Crippen LogP contribution in [0, 0.1) is 0 Å². The summed E-state index contributed by atoms with van der Waals surface area (Å²) in [4.78, 5) is 2.38. The second-order valence-electron chi connectivity index (χ2n) is 3.76. The third-order valence-electron chi connectivity index (χ3n) is 2.80. The molecule has 1 atom stereocenters. The van der Waals surface area contributed by atoms with Crippen molar-refractivity contribution < 1.29 is 4.74 Å². The third-order valence-corrected chi connectivity index (χ3v) is 2.80. The molecule has 1 unspecified atom stereocenters. The maximum Gasteiger partial charge on any atom is 0.0664 e. The lowest BCUT2D eigenvalue weighted by Gasteiger charge is -2.33. The van der Waals surface area contributed by atoms with Crippen molar-refractivity contribution in [2.45, 2.75) is 32.7 Å². The van der Waals surface area contributed by atoms with Crippen molar-refractivity contribution in [2.75, 3.05) is 26.8 Å². The van der Waals surface area contributed by atoms with Crippen LogP contribution < -0.4 is 0 Å². The van der Waals surface area contributed by atoms with Crippen molar-refractivity contribution in [3.63, 3.8) is 0 Å². The summed E-state index contributed by atoms with van der Waals surface area (Å²) in [6.45, 7) is 6.78. The molecule has 0 aromatic carbocycles. The average molecular weight is 209 g/mol. The highest BCUT2D eigenvalue weighted by Gasteiger charge is 2.22. The van der Waals surface area contributed by atoms with E-state index in [-0.39, 0.29) is 0 Å². The van der Waals surface area contributed by atoms with Crippen LogP contribution in [0.1, 0.15) is 26.7 Å². The van der Waals surface area contributed by atoms with Crippen LogP contribution in [0.2, 0.25) is 0 Å². The van der Waals surface area contributed by atoms with Gasteiger partial charge in [-0.1, -0.05) is 32.1 Å². The van der Waals surface area contributed by atoms with E-state index < -0.39 is 0 Å². The van der Waals surface area contributed by atoms with E-state index in [2.05, 4.69) is 30.2 Å². The molecule has 2 aliphatic rings. The normalized spacial score (nSPS) is 26.6. The lowest BCUT2D eigenvalue weighted by molar-refractivity contribution is 0.0203. The van der Waals surface area contributed by atoms with Gasteiger partial charge in [-0.15, -0.1) is 0 Å². The summed E-state index contributed by atoms with van der Waals surface area (Å²) in [5.74, 6) is 0. The summed E-state index contributed by atoms with van der Waals surface area (Å²) in [6.07, 6.45) is 9.24. The summed E-state index contributed by atoms with van der Waals surface area (Å²) in [6, 6.07) is 0.491. The Morgan fingerprint density at radius 3 is 2.73 bits per heavy atom. The topological polar surface area (TPSA) is 12.5 Å². The van der Waals surface area contributed by atoms with Gasteiger partial charge in [0.1, 0.15) is 0 Å². The maximum absolute atomic E-state index is 5.49. The summed E-state index contributed by atoms with van der Waals surface area (Å²) < 4.78 is 5.49. The minimum Gasteiger partial charge on any atom is -0.378 e. The molecular formula is C13H23NO. The van der Waals surface area contributed by atoms with Crippen molar-refractivity contribution in [3.8, 4) is 0 Å². The Morgan fingerprint density at radius 2 is 2.13 bits per heavy atom. The van der Waals surface area contributed by atoms with E-state index in [1.54, 1.807) is 0 Å². The van der Waals surface area contributed by atoms with Crippen LogP contribution in [0.5, 0.6) is 0 Å². The van der Waals surface area contributed by atoms with E-state index in [9.17, 15) is 0 Å². The summed E-state index contributed by atoms with van der Waals surface area (Å²) in [7, 11) is 2.18. The minimum absolute atomic E-state index is 0.491. The van der Waals surface area contributed by atoms with Gasteiger partial charge >= 0.3 is 0 Å². The fraction of sp³-hybridized carbons (Fsp3) is 0.692. The van der Waals surface area contributed by atoms with Crippen molar-refractivity contribution in [1.29, 1.82) is 0 Å². The molecule has 0 spiro atoms. The molecule has 0 saturated carbocycles. The second kappa shape index (κ2) is 6.81. The Hall–Kier alpha value is -0.600. The van der Waals surface area contributed by atoms with Gasteiger partial charge in [0.15, 0.2) is 0 Å². The number of ether oxygens (including phenoxy) is 1. The predicted molar refractivity (Wildman–Crippen MR) is 65.0 cm³/mol. The molecule has 0 bridgehead atoms. The first-order chi connectivity index (χ1) is 7.38. The van der Waals surface area contributed by atoms with E-state index in [0.717, 1.165) is 19.8 Å². The monoisotopic (exact) mass is 209 g/mol. The molecule has 1 fully saturated rings. The molecule has 1 aliphatic heterocycles. The standard InChI is InChI=1S/C11H17NO.C2H6/c1-12-7-8-13-9-11(12)10-5-3-2-4-6-10;1-2/h3,5-6,11H,2,4,7-9H2,1H3;1-2H3. The van der Waals surface area contributed by atoms with Gasteiger partial charge in [0.2, 0.25) is 0 Å². The molecule has 0 N–H and O–H groups in total. The molecule has 0 aromatic heterocycles. The molecule has 1 aliphatic carbocycles. The van der Waals surface area contributed by atoms with Gasteiger partial charge in [-0.3, -0.25) is 4.90 Å². The highest BCUT2D eigenvalue weighted by Crippen LogP contribution is 2.19. The highest BCUT2D eigenvalue weighted by atomic mass is 16.5. The smallest absolute Gasteiger partial charge is 0.0664 e. The number of morpholine rings is 1. The van der Waals surface area contributed by atoms with E-state index in [1.807, 2.05) is 13.8 Å². The van der Waals surface area contributed by atoms with Gasteiger partial charge in [0, 0.05) is 6.54 Å². The van der Waals surface area contributed by atoms with Gasteiger partial charge in [-0.2, -0.15) is 0 Å². The first-order valence-electron chi connectivity index (χ1n) is 6.02. The molecule has 0 amide bonds. The molecule has 2 rings (SSSR count). The molecule has 1 heterocycles. The van der Waals surface area contributed by atoms with Crippen LogP contribution in [0.3, 0.4) is 0 Å². The zero-order valence-electron chi connectivity index (χ0n) is 10.2. The van der Waals surface area contributed by atoms with Crippen LogP contribution in [-0.4, -0.2) is 37.7 Å². The van der Waals surface area contributed by atoms with Crippen molar-refractivity contribution in [1.82, 2.24) is 4.90 Å². The molecule has 86 valence electrons.